The molecule has 194 valence electrons. The van der Waals surface area contributed by atoms with E-state index in [-0.39, 0.29) is 28.3 Å². The zero-order valence-electron chi connectivity index (χ0n) is 21.3. The molecular weight excluding hydrogens is 514 g/mol. The van der Waals surface area contributed by atoms with Crippen LogP contribution in [0.1, 0.15) is 47.8 Å². The molecule has 0 atom stereocenters. The molecule has 0 spiro atoms. The van der Waals surface area contributed by atoms with Gasteiger partial charge >= 0.3 is 0 Å². The number of hydrogen-bond acceptors (Lipinski definition) is 6. The number of nitrogens with zero attached hydrogens (tertiary/aromatic N) is 2. The summed E-state index contributed by atoms with van der Waals surface area (Å²) in [6.07, 6.45) is 0. The maximum atomic E-state index is 13.3. The number of imide groups is 1. The van der Waals surface area contributed by atoms with Gasteiger partial charge in [0.1, 0.15) is 0 Å². The van der Waals surface area contributed by atoms with Crippen molar-refractivity contribution in [1.82, 2.24) is 0 Å². The number of nitrogens with one attached hydrogen (secondary N) is 1. The number of amides is 3. The Morgan fingerprint density at radius 3 is 1.95 bits per heavy atom. The number of carbonyl (C=O) groups excluding carboxylic acids is 3. The summed E-state index contributed by atoms with van der Waals surface area (Å²) >= 11 is 1.40. The molecule has 0 radical (unpaired) electrons. The summed E-state index contributed by atoms with van der Waals surface area (Å²) in [4.78, 5) is 52.5. The lowest BCUT2D eigenvalue weighted by atomic mass is 10.0. The summed E-state index contributed by atoms with van der Waals surface area (Å²) in [5.41, 5.74) is 4.82. The van der Waals surface area contributed by atoms with Gasteiger partial charge in [-0.3, -0.25) is 24.5 Å². The average Bonchev–Trinajstić information content (AvgIpc) is 3.16. The molecule has 1 aliphatic heterocycles. The largest absolute Gasteiger partial charge is 0.322 e. The minimum Gasteiger partial charge on any atom is -0.322 e. The van der Waals surface area contributed by atoms with Gasteiger partial charge in [0, 0.05) is 33.2 Å². The van der Waals surface area contributed by atoms with Gasteiger partial charge in [0.2, 0.25) is 0 Å². The first kappa shape index (κ1) is 25.9. The molecule has 1 heterocycles. The van der Waals surface area contributed by atoms with Crippen LogP contribution in [0.2, 0.25) is 0 Å². The standard InChI is InChI=1S/C30H23N3O5S/c1-17-14-18(2)27(19(3)15-17)31-28(34)20-4-13-25-26(16-20)30(36)32(29(25)35)21-5-9-23(10-6-21)39-24-11-7-22(8-12-24)33(37)38/h4-16H,1-3H3,(H,31,34). The highest BCUT2D eigenvalue weighted by atomic mass is 32.2. The Morgan fingerprint density at radius 1 is 0.795 bits per heavy atom. The molecule has 1 aliphatic rings. The van der Waals surface area contributed by atoms with Crippen molar-refractivity contribution >= 4 is 46.5 Å². The third kappa shape index (κ3) is 5.04. The second kappa shape index (κ2) is 10.2. The van der Waals surface area contributed by atoms with Crippen molar-refractivity contribution in [3.8, 4) is 0 Å². The van der Waals surface area contributed by atoms with Gasteiger partial charge in [0.05, 0.1) is 21.7 Å². The van der Waals surface area contributed by atoms with Crippen LogP contribution < -0.4 is 10.2 Å². The van der Waals surface area contributed by atoms with Crippen LogP contribution in [0, 0.1) is 30.9 Å². The molecule has 5 rings (SSSR count). The topological polar surface area (TPSA) is 110 Å². The van der Waals surface area contributed by atoms with Crippen LogP contribution in [-0.2, 0) is 0 Å². The van der Waals surface area contributed by atoms with Crippen LogP contribution in [-0.4, -0.2) is 22.6 Å². The summed E-state index contributed by atoms with van der Waals surface area (Å²) in [5.74, 6) is -1.31. The number of nitro groups is 1. The maximum absolute atomic E-state index is 13.3. The van der Waals surface area contributed by atoms with Crippen molar-refractivity contribution in [1.29, 1.82) is 0 Å². The number of fused-ring (bicyclic) bond motifs is 1. The summed E-state index contributed by atoms with van der Waals surface area (Å²) in [6, 6.07) is 21.6. The van der Waals surface area contributed by atoms with Gasteiger partial charge in [-0.2, -0.15) is 0 Å². The molecule has 0 unspecified atom stereocenters. The Morgan fingerprint density at radius 2 is 1.36 bits per heavy atom. The van der Waals surface area contributed by atoms with E-state index in [0.29, 0.717) is 5.69 Å². The van der Waals surface area contributed by atoms with Crippen molar-refractivity contribution < 1.29 is 19.3 Å². The van der Waals surface area contributed by atoms with Crippen LogP contribution in [0.25, 0.3) is 0 Å². The fraction of sp³-hybridized carbons (Fsp3) is 0.100. The second-order valence-corrected chi connectivity index (χ2v) is 10.4. The SMILES string of the molecule is Cc1cc(C)c(NC(=O)c2ccc3c(c2)C(=O)N(c2ccc(Sc4ccc([N+](=O)[O-])cc4)cc2)C3=O)c(C)c1. The molecule has 9 heteroatoms. The highest BCUT2D eigenvalue weighted by Crippen LogP contribution is 2.33. The predicted molar refractivity (Wildman–Crippen MR) is 150 cm³/mol. The van der Waals surface area contributed by atoms with Crippen LogP contribution in [0.4, 0.5) is 17.1 Å². The molecule has 0 fully saturated rings. The summed E-state index contributed by atoms with van der Waals surface area (Å²) in [7, 11) is 0. The van der Waals surface area contributed by atoms with Crippen LogP contribution in [0.5, 0.6) is 0 Å². The smallest absolute Gasteiger partial charge is 0.269 e. The molecule has 0 aromatic heterocycles. The molecular formula is C30H23N3O5S. The lowest BCUT2D eigenvalue weighted by Gasteiger charge is -2.14. The van der Waals surface area contributed by atoms with Gasteiger partial charge in [-0.05, 0) is 86.5 Å². The molecule has 39 heavy (non-hydrogen) atoms. The third-order valence-corrected chi connectivity index (χ3v) is 7.46. The second-order valence-electron chi connectivity index (χ2n) is 9.28. The van der Waals surface area contributed by atoms with Crippen LogP contribution in [0.15, 0.2) is 88.7 Å². The van der Waals surface area contributed by atoms with Crippen molar-refractivity contribution in [2.45, 2.75) is 30.6 Å². The lowest BCUT2D eigenvalue weighted by Crippen LogP contribution is -2.29. The van der Waals surface area contributed by atoms with E-state index in [1.54, 1.807) is 42.5 Å². The van der Waals surface area contributed by atoms with E-state index in [1.165, 1.54) is 36.0 Å². The Kier molecular flexibility index (Phi) is 6.76. The lowest BCUT2D eigenvalue weighted by molar-refractivity contribution is -0.384. The van der Waals surface area contributed by atoms with Crippen LogP contribution >= 0.6 is 11.8 Å². The number of hydrogen-bond donors (Lipinski definition) is 1. The highest BCUT2D eigenvalue weighted by Gasteiger charge is 2.37. The van der Waals surface area contributed by atoms with Crippen molar-refractivity contribution in [3.63, 3.8) is 0 Å². The first-order valence-corrected chi connectivity index (χ1v) is 12.9. The summed E-state index contributed by atoms with van der Waals surface area (Å²) in [6.45, 7) is 5.84. The van der Waals surface area contributed by atoms with Crippen molar-refractivity contribution in [2.75, 3.05) is 10.2 Å². The molecule has 0 bridgehead atoms. The highest BCUT2D eigenvalue weighted by molar-refractivity contribution is 7.99. The van der Waals surface area contributed by atoms with E-state index in [0.717, 1.165) is 37.1 Å². The number of benzene rings is 4. The molecule has 1 N–H and O–H groups in total. The van der Waals surface area contributed by atoms with E-state index in [4.69, 9.17) is 0 Å². The van der Waals surface area contributed by atoms with Crippen molar-refractivity contribution in [3.05, 3.63) is 122 Å². The Hall–Kier alpha value is -4.76. The van der Waals surface area contributed by atoms with Gasteiger partial charge < -0.3 is 5.32 Å². The zero-order valence-corrected chi connectivity index (χ0v) is 22.2. The number of rotatable bonds is 6. The molecule has 0 saturated heterocycles. The fourth-order valence-corrected chi connectivity index (χ4v) is 5.43. The maximum Gasteiger partial charge on any atom is 0.269 e. The third-order valence-electron chi connectivity index (χ3n) is 6.44. The number of aryl methyl sites for hydroxylation is 3. The zero-order chi connectivity index (χ0) is 27.8. The normalized spacial score (nSPS) is 12.4. The molecule has 3 amide bonds. The van der Waals surface area contributed by atoms with Gasteiger partial charge in [0.25, 0.3) is 23.4 Å². The minimum absolute atomic E-state index is 0.0151. The van der Waals surface area contributed by atoms with E-state index in [1.807, 2.05) is 32.9 Å². The predicted octanol–water partition coefficient (Wildman–Crippen LogP) is 6.72. The molecule has 4 aromatic carbocycles. The van der Waals surface area contributed by atoms with E-state index < -0.39 is 16.7 Å². The van der Waals surface area contributed by atoms with E-state index in [9.17, 15) is 24.5 Å². The number of nitro benzene ring substituents is 1. The van der Waals surface area contributed by atoms with Gasteiger partial charge in [0.15, 0.2) is 0 Å². The molecule has 4 aromatic rings. The summed E-state index contributed by atoms with van der Waals surface area (Å²) in [5, 5.41) is 13.8. The van der Waals surface area contributed by atoms with Gasteiger partial charge in [-0.1, -0.05) is 29.5 Å². The van der Waals surface area contributed by atoms with E-state index >= 15 is 0 Å². The molecule has 0 aliphatic carbocycles. The van der Waals surface area contributed by atoms with Crippen molar-refractivity contribution in [2.24, 2.45) is 0 Å². The first-order valence-electron chi connectivity index (χ1n) is 12.1. The van der Waals surface area contributed by atoms with Gasteiger partial charge in [-0.15, -0.1) is 0 Å². The summed E-state index contributed by atoms with van der Waals surface area (Å²) < 4.78 is 0. The number of anilines is 2. The first-order chi connectivity index (χ1) is 18.6. The minimum atomic E-state index is -0.497. The molecule has 0 saturated carbocycles. The van der Waals surface area contributed by atoms with E-state index in [2.05, 4.69) is 5.32 Å². The number of carbonyl (C=O) groups is 3. The average molecular weight is 538 g/mol. The number of non-ortho nitro benzene ring substituents is 1. The monoisotopic (exact) mass is 537 g/mol. The Labute approximate surface area is 228 Å². The van der Waals surface area contributed by atoms with Crippen LogP contribution in [0.3, 0.4) is 0 Å². The van der Waals surface area contributed by atoms with Gasteiger partial charge in [-0.25, -0.2) is 4.90 Å². The Bertz CT molecular complexity index is 1640. The molecule has 8 nitrogen and oxygen atoms in total. The quantitative estimate of drug-likeness (QED) is 0.166. The fourth-order valence-electron chi connectivity index (χ4n) is 4.61. The Balaban J connectivity index is 1.33.